The summed E-state index contributed by atoms with van der Waals surface area (Å²) in [5.41, 5.74) is 4.66. The maximum absolute atomic E-state index is 11.7. The summed E-state index contributed by atoms with van der Waals surface area (Å²) in [4.78, 5) is 23.4. The first-order valence-corrected chi connectivity index (χ1v) is 10.4. The molecule has 0 heterocycles. The summed E-state index contributed by atoms with van der Waals surface area (Å²) in [6.07, 6.45) is 2.35. The van der Waals surface area contributed by atoms with Gasteiger partial charge in [-0.25, -0.2) is 10.9 Å². The normalized spacial score (nSPS) is 11.1. The third-order valence-electron chi connectivity index (χ3n) is 3.06. The van der Waals surface area contributed by atoms with E-state index < -0.39 is 11.8 Å². The highest BCUT2D eigenvalue weighted by atomic mass is 79.9. The first-order chi connectivity index (χ1) is 13.2. The highest BCUT2D eigenvalue weighted by molar-refractivity contribution is 9.11. The molecule has 0 saturated heterocycles. The minimum atomic E-state index is -1.07. The van der Waals surface area contributed by atoms with Gasteiger partial charge in [0.2, 0.25) is 0 Å². The van der Waals surface area contributed by atoms with E-state index in [0.717, 1.165) is 0 Å². The number of halogens is 4. The number of carbonyl (C=O) groups excluding carboxylic acids is 2. The second-order valence-electron chi connectivity index (χ2n) is 5.05. The standard InChI is InChI=1S/C16H10Br4N4O4/c17-9-1-7(13(25)11(19)3-9)5-21-23-15(27)16(28)24-22-6-8-2-10(18)4-12(20)14(8)26/h1-6,25-26H,(H,23,27)(H,24,28)/b21-5-,22-6-. The van der Waals surface area contributed by atoms with E-state index in [1.54, 1.807) is 24.3 Å². The molecule has 0 fully saturated rings. The Morgan fingerprint density at radius 1 is 0.750 bits per heavy atom. The number of phenolic OH excluding ortho intramolecular Hbond substituents is 2. The number of carbonyl (C=O) groups is 2. The zero-order chi connectivity index (χ0) is 20.8. The van der Waals surface area contributed by atoms with Crippen molar-refractivity contribution >= 4 is 88.0 Å². The van der Waals surface area contributed by atoms with Gasteiger partial charge in [-0.3, -0.25) is 9.59 Å². The summed E-state index contributed by atoms with van der Waals surface area (Å²) >= 11 is 12.9. The Morgan fingerprint density at radius 3 is 1.46 bits per heavy atom. The molecule has 0 saturated carbocycles. The topological polar surface area (TPSA) is 123 Å². The molecule has 0 radical (unpaired) electrons. The summed E-state index contributed by atoms with van der Waals surface area (Å²) in [5, 5.41) is 27.0. The van der Waals surface area contributed by atoms with Gasteiger partial charge in [-0.2, -0.15) is 10.2 Å². The zero-order valence-electron chi connectivity index (χ0n) is 13.6. The third-order valence-corrected chi connectivity index (χ3v) is 5.19. The summed E-state index contributed by atoms with van der Waals surface area (Å²) in [6.45, 7) is 0. The number of hydrazone groups is 2. The minimum Gasteiger partial charge on any atom is -0.506 e. The molecule has 146 valence electrons. The van der Waals surface area contributed by atoms with Crippen molar-refractivity contribution in [2.75, 3.05) is 0 Å². The van der Waals surface area contributed by atoms with Crippen molar-refractivity contribution in [3.05, 3.63) is 53.3 Å². The molecular weight excluding hydrogens is 632 g/mol. The van der Waals surface area contributed by atoms with Crippen LogP contribution in [0.4, 0.5) is 0 Å². The Morgan fingerprint density at radius 2 is 1.11 bits per heavy atom. The van der Waals surface area contributed by atoms with E-state index >= 15 is 0 Å². The molecule has 0 bridgehead atoms. The van der Waals surface area contributed by atoms with Crippen LogP contribution in [-0.4, -0.2) is 34.5 Å². The van der Waals surface area contributed by atoms with Crippen LogP contribution in [0, 0.1) is 0 Å². The van der Waals surface area contributed by atoms with Crippen LogP contribution >= 0.6 is 63.7 Å². The smallest absolute Gasteiger partial charge is 0.331 e. The number of rotatable bonds is 4. The lowest BCUT2D eigenvalue weighted by Gasteiger charge is -2.03. The number of nitrogens with one attached hydrogen (secondary N) is 2. The Bertz CT molecular complexity index is 916. The van der Waals surface area contributed by atoms with Crippen molar-refractivity contribution < 1.29 is 19.8 Å². The maximum atomic E-state index is 11.7. The van der Waals surface area contributed by atoms with Gasteiger partial charge in [0.25, 0.3) is 0 Å². The molecule has 0 aliphatic heterocycles. The number of hydrogen-bond acceptors (Lipinski definition) is 6. The molecule has 0 aromatic heterocycles. The highest BCUT2D eigenvalue weighted by Gasteiger charge is 2.12. The summed E-state index contributed by atoms with van der Waals surface area (Å²) in [6, 6.07) is 6.42. The fraction of sp³-hybridized carbons (Fsp3) is 0. The Hall–Kier alpha value is -1.76. The SMILES string of the molecule is O=C(N/N=C\c1cc(Br)cc(Br)c1O)C(=O)N/N=C\c1cc(Br)cc(Br)c1O. The van der Waals surface area contributed by atoms with Gasteiger partial charge >= 0.3 is 11.8 Å². The molecule has 28 heavy (non-hydrogen) atoms. The van der Waals surface area contributed by atoms with Crippen LogP contribution in [0.2, 0.25) is 0 Å². The van der Waals surface area contributed by atoms with E-state index in [0.29, 0.717) is 29.0 Å². The number of aromatic hydroxyl groups is 2. The zero-order valence-corrected chi connectivity index (χ0v) is 19.9. The van der Waals surface area contributed by atoms with Crippen molar-refractivity contribution in [2.24, 2.45) is 10.2 Å². The van der Waals surface area contributed by atoms with Crippen molar-refractivity contribution in [3.63, 3.8) is 0 Å². The summed E-state index contributed by atoms with van der Waals surface area (Å²) in [5.74, 6) is -2.28. The molecule has 8 nitrogen and oxygen atoms in total. The molecule has 0 atom stereocenters. The van der Waals surface area contributed by atoms with Gasteiger partial charge in [-0.05, 0) is 56.1 Å². The molecule has 0 aliphatic rings. The monoisotopic (exact) mass is 638 g/mol. The van der Waals surface area contributed by atoms with Gasteiger partial charge in [0, 0.05) is 20.1 Å². The van der Waals surface area contributed by atoms with Crippen molar-refractivity contribution in [2.45, 2.75) is 0 Å². The Labute approximate surface area is 192 Å². The quantitative estimate of drug-likeness (QED) is 0.231. The van der Waals surface area contributed by atoms with Crippen molar-refractivity contribution in [1.82, 2.24) is 10.9 Å². The molecule has 2 amide bonds. The van der Waals surface area contributed by atoms with E-state index in [4.69, 9.17) is 0 Å². The van der Waals surface area contributed by atoms with Crippen LogP contribution in [0.3, 0.4) is 0 Å². The molecule has 2 aromatic carbocycles. The van der Waals surface area contributed by atoms with Crippen LogP contribution < -0.4 is 10.9 Å². The number of hydrogen-bond donors (Lipinski definition) is 4. The average Bonchev–Trinajstić information content (AvgIpc) is 2.62. The van der Waals surface area contributed by atoms with Gasteiger partial charge in [-0.15, -0.1) is 0 Å². The molecule has 2 rings (SSSR count). The first-order valence-electron chi connectivity index (χ1n) is 7.21. The van der Waals surface area contributed by atoms with Crippen LogP contribution in [0.15, 0.2) is 52.4 Å². The van der Waals surface area contributed by atoms with Gasteiger partial charge in [0.15, 0.2) is 0 Å². The molecule has 4 N–H and O–H groups in total. The van der Waals surface area contributed by atoms with E-state index in [-0.39, 0.29) is 11.5 Å². The van der Waals surface area contributed by atoms with E-state index in [1.165, 1.54) is 12.4 Å². The fourth-order valence-corrected chi connectivity index (χ4v) is 4.31. The largest absolute Gasteiger partial charge is 0.506 e. The van der Waals surface area contributed by atoms with Crippen LogP contribution in [-0.2, 0) is 9.59 Å². The Kier molecular flexibility index (Phi) is 8.16. The molecule has 2 aromatic rings. The second kappa shape index (κ2) is 10.1. The molecule has 0 aliphatic carbocycles. The summed E-state index contributed by atoms with van der Waals surface area (Å²) in [7, 11) is 0. The summed E-state index contributed by atoms with van der Waals surface area (Å²) < 4.78 is 2.23. The van der Waals surface area contributed by atoms with Gasteiger partial charge in [0.1, 0.15) is 11.5 Å². The lowest BCUT2D eigenvalue weighted by molar-refractivity contribution is -0.139. The molecule has 12 heteroatoms. The minimum absolute atomic E-state index is 0.0739. The van der Waals surface area contributed by atoms with Crippen LogP contribution in [0.25, 0.3) is 0 Å². The lowest BCUT2D eigenvalue weighted by Crippen LogP contribution is -2.35. The fourth-order valence-electron chi connectivity index (χ4n) is 1.79. The third kappa shape index (κ3) is 6.12. The van der Waals surface area contributed by atoms with E-state index in [2.05, 4.69) is 73.9 Å². The van der Waals surface area contributed by atoms with Crippen LogP contribution in [0.1, 0.15) is 11.1 Å². The van der Waals surface area contributed by atoms with E-state index in [9.17, 15) is 19.8 Å². The predicted molar refractivity (Wildman–Crippen MR) is 118 cm³/mol. The second-order valence-corrected chi connectivity index (χ2v) is 8.59. The van der Waals surface area contributed by atoms with Crippen molar-refractivity contribution in [3.8, 4) is 11.5 Å². The maximum Gasteiger partial charge on any atom is 0.331 e. The van der Waals surface area contributed by atoms with Gasteiger partial charge in [-0.1, -0.05) is 31.9 Å². The first kappa shape index (κ1) is 22.5. The molecule has 0 spiro atoms. The number of benzene rings is 2. The highest BCUT2D eigenvalue weighted by Crippen LogP contribution is 2.31. The number of phenols is 2. The van der Waals surface area contributed by atoms with Gasteiger partial charge < -0.3 is 10.2 Å². The van der Waals surface area contributed by atoms with Crippen LogP contribution in [0.5, 0.6) is 11.5 Å². The molecule has 0 unspecified atom stereocenters. The number of nitrogens with zero attached hydrogens (tertiary/aromatic N) is 2. The Balaban J connectivity index is 1.96. The van der Waals surface area contributed by atoms with Crippen molar-refractivity contribution in [1.29, 1.82) is 0 Å². The average molecular weight is 642 g/mol. The molecular formula is C16H10Br4N4O4. The van der Waals surface area contributed by atoms with Gasteiger partial charge in [0.05, 0.1) is 21.4 Å². The lowest BCUT2D eigenvalue weighted by atomic mass is 10.2. The predicted octanol–water partition coefficient (Wildman–Crippen LogP) is 3.75. The number of amides is 2. The van der Waals surface area contributed by atoms with E-state index in [1.807, 2.05) is 10.9 Å².